The molecule has 0 aromatic heterocycles. The van der Waals surface area contributed by atoms with Gasteiger partial charge in [-0.1, -0.05) is 25.0 Å². The minimum Gasteiger partial charge on any atom is -0.464 e. The lowest BCUT2D eigenvalue weighted by Gasteiger charge is -2.30. The fourth-order valence-corrected chi connectivity index (χ4v) is 4.77. The van der Waals surface area contributed by atoms with Crippen LogP contribution in [0.4, 0.5) is 4.79 Å². The summed E-state index contributed by atoms with van der Waals surface area (Å²) in [5.41, 5.74) is -1.88. The van der Waals surface area contributed by atoms with Gasteiger partial charge in [0.2, 0.25) is 11.8 Å². The second-order valence-electron chi connectivity index (χ2n) is 10.7. The number of nitrogens with one attached hydrogen (secondary N) is 2. The molecule has 0 aromatic carbocycles. The van der Waals surface area contributed by atoms with E-state index < -0.39 is 53.2 Å². The van der Waals surface area contributed by atoms with Gasteiger partial charge < -0.3 is 30.1 Å². The van der Waals surface area contributed by atoms with Crippen molar-refractivity contribution in [3.63, 3.8) is 0 Å². The van der Waals surface area contributed by atoms with Crippen molar-refractivity contribution in [3.05, 3.63) is 12.2 Å². The highest BCUT2D eigenvalue weighted by atomic mass is 16.6. The Labute approximate surface area is 206 Å². The summed E-state index contributed by atoms with van der Waals surface area (Å²) in [6.07, 6.45) is 6.49. The quantitative estimate of drug-likeness (QED) is 0.403. The van der Waals surface area contributed by atoms with E-state index in [1.165, 1.54) is 4.90 Å². The van der Waals surface area contributed by atoms with Crippen LogP contribution in [0.15, 0.2) is 12.2 Å². The lowest BCUT2D eigenvalue weighted by molar-refractivity contribution is -0.150. The maximum atomic E-state index is 13.5. The van der Waals surface area contributed by atoms with Gasteiger partial charge in [0.1, 0.15) is 23.2 Å². The molecule has 0 radical (unpaired) electrons. The molecule has 196 valence electrons. The minimum absolute atomic E-state index is 0.0286. The van der Waals surface area contributed by atoms with Crippen molar-refractivity contribution in [2.75, 3.05) is 13.2 Å². The van der Waals surface area contributed by atoms with E-state index in [9.17, 15) is 24.3 Å². The van der Waals surface area contributed by atoms with Crippen LogP contribution in [0.25, 0.3) is 0 Å². The van der Waals surface area contributed by atoms with Crippen LogP contribution in [0, 0.1) is 5.92 Å². The number of allylic oxidation sites excluding steroid dienone is 1. The van der Waals surface area contributed by atoms with Crippen molar-refractivity contribution < 1.29 is 33.8 Å². The Balaban J connectivity index is 1.84. The lowest BCUT2D eigenvalue weighted by Crippen LogP contribution is -2.56. The van der Waals surface area contributed by atoms with Crippen LogP contribution in [0.2, 0.25) is 0 Å². The van der Waals surface area contributed by atoms with Gasteiger partial charge in [-0.3, -0.25) is 9.59 Å². The van der Waals surface area contributed by atoms with Gasteiger partial charge in [-0.2, -0.15) is 0 Å². The standard InChI is InChI=1S/C25H39N3O7/c1-5-34-22(32)25-14-16(25)11-9-7-6-8-10-12-18(26-23(33)35-24(2,3)4)21(31)28-15-17(29)13-19(28)20(30)27-25/h9,11,16-19,29H,5-8,10,12-15H2,1-4H3,(H,26,33)(H,27,30)/b11-9-/t16?,17-,18+,19+,25-/m1/s1. The molecule has 10 heteroatoms. The average molecular weight is 494 g/mol. The summed E-state index contributed by atoms with van der Waals surface area (Å²) >= 11 is 0. The zero-order chi connectivity index (χ0) is 25.8. The summed E-state index contributed by atoms with van der Waals surface area (Å²) in [5, 5.41) is 15.8. The Hall–Kier alpha value is -2.62. The van der Waals surface area contributed by atoms with E-state index in [0.717, 1.165) is 19.3 Å². The summed E-state index contributed by atoms with van der Waals surface area (Å²) in [7, 11) is 0. The Bertz CT molecular complexity index is 852. The van der Waals surface area contributed by atoms with Crippen molar-refractivity contribution in [2.24, 2.45) is 5.92 Å². The first-order valence-electron chi connectivity index (χ1n) is 12.6. The van der Waals surface area contributed by atoms with Crippen LogP contribution < -0.4 is 10.6 Å². The monoisotopic (exact) mass is 493 g/mol. The number of aliphatic hydroxyl groups excluding tert-OH is 1. The largest absolute Gasteiger partial charge is 0.464 e. The highest BCUT2D eigenvalue weighted by Crippen LogP contribution is 2.46. The number of hydrogen-bond donors (Lipinski definition) is 3. The van der Waals surface area contributed by atoms with Crippen molar-refractivity contribution in [1.82, 2.24) is 15.5 Å². The van der Waals surface area contributed by atoms with Crippen molar-refractivity contribution in [3.8, 4) is 0 Å². The number of amides is 3. The highest BCUT2D eigenvalue weighted by Gasteiger charge is 2.62. The van der Waals surface area contributed by atoms with Crippen LogP contribution in [0.5, 0.6) is 0 Å². The molecule has 3 aliphatic rings. The molecule has 1 unspecified atom stereocenters. The molecular weight excluding hydrogens is 454 g/mol. The summed E-state index contributed by atoms with van der Waals surface area (Å²) in [6, 6.07) is -1.85. The van der Waals surface area contributed by atoms with Gasteiger partial charge in [-0.25, -0.2) is 9.59 Å². The van der Waals surface area contributed by atoms with Gasteiger partial charge in [0, 0.05) is 18.9 Å². The number of ether oxygens (including phenoxy) is 2. The van der Waals surface area contributed by atoms with Gasteiger partial charge in [-0.15, -0.1) is 0 Å². The number of esters is 1. The Morgan fingerprint density at radius 2 is 2.00 bits per heavy atom. The minimum atomic E-state index is -1.15. The number of alkyl carbamates (subject to hydrolysis) is 1. The summed E-state index contributed by atoms with van der Waals surface area (Å²) in [6.45, 7) is 7.08. The van der Waals surface area contributed by atoms with Crippen LogP contribution in [-0.2, 0) is 23.9 Å². The molecule has 2 fully saturated rings. The molecule has 0 spiro atoms. The Morgan fingerprint density at radius 3 is 2.69 bits per heavy atom. The molecule has 2 heterocycles. The maximum Gasteiger partial charge on any atom is 0.408 e. The third-order valence-corrected chi connectivity index (χ3v) is 6.59. The van der Waals surface area contributed by atoms with Crippen LogP contribution in [-0.4, -0.2) is 76.4 Å². The van der Waals surface area contributed by atoms with Gasteiger partial charge in [0.25, 0.3) is 0 Å². The second kappa shape index (κ2) is 11.0. The second-order valence-corrected chi connectivity index (χ2v) is 10.7. The summed E-state index contributed by atoms with van der Waals surface area (Å²) < 4.78 is 10.6. The third-order valence-electron chi connectivity index (χ3n) is 6.59. The van der Waals surface area contributed by atoms with Crippen molar-refractivity contribution >= 4 is 23.9 Å². The average Bonchev–Trinajstić information content (AvgIpc) is 3.30. The van der Waals surface area contributed by atoms with E-state index in [-0.39, 0.29) is 25.5 Å². The fourth-order valence-electron chi connectivity index (χ4n) is 4.77. The first-order chi connectivity index (χ1) is 16.5. The number of carbonyl (C=O) groups is 4. The number of carbonyl (C=O) groups excluding carboxylic acids is 4. The maximum absolute atomic E-state index is 13.5. The molecule has 3 amide bonds. The molecule has 1 saturated heterocycles. The van der Waals surface area contributed by atoms with Gasteiger partial charge in [0.05, 0.1) is 12.7 Å². The zero-order valence-electron chi connectivity index (χ0n) is 21.2. The van der Waals surface area contributed by atoms with E-state index >= 15 is 0 Å². The number of aliphatic hydroxyl groups is 1. The smallest absolute Gasteiger partial charge is 0.408 e. The number of nitrogens with zero attached hydrogens (tertiary/aromatic N) is 1. The van der Waals surface area contributed by atoms with Crippen LogP contribution in [0.1, 0.15) is 72.6 Å². The van der Waals surface area contributed by atoms with E-state index in [2.05, 4.69) is 10.6 Å². The molecule has 1 saturated carbocycles. The SMILES string of the molecule is CCOC(=O)[C@@]12CC1/C=C\CCCCC[C@H](NC(=O)OC(C)(C)C)C(=O)N1C[C@H](O)C[C@H]1C(=O)N2. The van der Waals surface area contributed by atoms with E-state index in [1.807, 2.05) is 12.2 Å². The Kier molecular flexibility index (Phi) is 8.46. The Morgan fingerprint density at radius 1 is 1.26 bits per heavy atom. The third kappa shape index (κ3) is 6.74. The van der Waals surface area contributed by atoms with Gasteiger partial charge >= 0.3 is 12.1 Å². The summed E-state index contributed by atoms with van der Waals surface area (Å²) in [4.78, 5) is 53.4. The number of rotatable bonds is 3. The molecule has 3 rings (SSSR count). The normalized spacial score (nSPS) is 32.8. The molecule has 0 bridgehead atoms. The van der Waals surface area contributed by atoms with Crippen LogP contribution >= 0.6 is 0 Å². The van der Waals surface area contributed by atoms with Crippen molar-refractivity contribution in [2.45, 2.75) is 102 Å². The molecule has 2 aliphatic heterocycles. The predicted octanol–water partition coefficient (Wildman–Crippen LogP) is 1.80. The summed E-state index contributed by atoms with van der Waals surface area (Å²) in [5.74, 6) is -1.62. The first-order valence-corrected chi connectivity index (χ1v) is 12.6. The van der Waals surface area contributed by atoms with Crippen molar-refractivity contribution in [1.29, 1.82) is 0 Å². The lowest BCUT2D eigenvalue weighted by atomic mass is 10.0. The van der Waals surface area contributed by atoms with Gasteiger partial charge in [-0.05, 0) is 53.4 Å². The van der Waals surface area contributed by atoms with Crippen LogP contribution in [0.3, 0.4) is 0 Å². The van der Waals surface area contributed by atoms with E-state index in [4.69, 9.17) is 9.47 Å². The fraction of sp³-hybridized carbons (Fsp3) is 0.760. The molecule has 1 aliphatic carbocycles. The molecular formula is C25H39N3O7. The first kappa shape index (κ1) is 27.0. The predicted molar refractivity (Wildman–Crippen MR) is 127 cm³/mol. The van der Waals surface area contributed by atoms with E-state index in [0.29, 0.717) is 19.3 Å². The molecule has 3 N–H and O–H groups in total. The number of fused-ring (bicyclic) bond motifs is 2. The molecule has 10 nitrogen and oxygen atoms in total. The number of hydrogen-bond acceptors (Lipinski definition) is 7. The molecule has 5 atom stereocenters. The van der Waals surface area contributed by atoms with E-state index in [1.54, 1.807) is 27.7 Å². The van der Waals surface area contributed by atoms with Gasteiger partial charge in [0.15, 0.2) is 0 Å². The topological polar surface area (TPSA) is 134 Å². The molecule has 35 heavy (non-hydrogen) atoms. The zero-order valence-corrected chi connectivity index (χ0v) is 21.2. The molecule has 0 aromatic rings. The highest BCUT2D eigenvalue weighted by molar-refractivity contribution is 5.96.